The lowest BCUT2D eigenvalue weighted by Crippen LogP contribution is -2.33. The molecule has 0 aliphatic carbocycles. The Morgan fingerprint density at radius 2 is 2.29 bits per heavy atom. The first-order valence-electron chi connectivity index (χ1n) is 7.42. The van der Waals surface area contributed by atoms with Crippen molar-refractivity contribution in [3.05, 3.63) is 44.9 Å². The van der Waals surface area contributed by atoms with Crippen LogP contribution >= 0.6 is 39.0 Å². The zero-order valence-electron chi connectivity index (χ0n) is 13.0. The predicted molar refractivity (Wildman–Crippen MR) is 102 cm³/mol. The van der Waals surface area contributed by atoms with E-state index >= 15 is 0 Å². The summed E-state index contributed by atoms with van der Waals surface area (Å²) in [6.07, 6.45) is 2.57. The van der Waals surface area contributed by atoms with Gasteiger partial charge in [-0.2, -0.15) is 0 Å². The number of carbonyl (C=O) groups is 2. The van der Waals surface area contributed by atoms with E-state index in [1.165, 1.54) is 34.2 Å². The molecular weight excluding hydrogens is 410 g/mol. The number of amides is 2. The van der Waals surface area contributed by atoms with Gasteiger partial charge in [-0.1, -0.05) is 39.8 Å². The molecule has 1 N–H and O–H groups in total. The van der Waals surface area contributed by atoms with Crippen molar-refractivity contribution in [2.75, 3.05) is 24.2 Å². The van der Waals surface area contributed by atoms with Crippen LogP contribution in [0, 0.1) is 6.92 Å². The van der Waals surface area contributed by atoms with Crippen molar-refractivity contribution >= 4 is 55.3 Å². The largest absolute Gasteiger partial charge is 0.323 e. The summed E-state index contributed by atoms with van der Waals surface area (Å²) in [7, 11) is 0. The predicted octanol–water partition coefficient (Wildman–Crippen LogP) is 3.91. The summed E-state index contributed by atoms with van der Waals surface area (Å²) in [6.45, 7) is 2.78. The third-order valence-electron chi connectivity index (χ3n) is 3.58. The normalized spacial score (nSPS) is 14.2. The number of nitrogens with zero attached hydrogens (tertiary/aromatic N) is 2. The highest BCUT2D eigenvalue weighted by atomic mass is 79.9. The Balaban J connectivity index is 1.57. The van der Waals surface area contributed by atoms with Gasteiger partial charge < -0.3 is 10.2 Å². The number of rotatable bonds is 5. The van der Waals surface area contributed by atoms with Crippen molar-refractivity contribution in [2.45, 2.75) is 13.3 Å². The van der Waals surface area contributed by atoms with Crippen LogP contribution in [0.3, 0.4) is 0 Å². The van der Waals surface area contributed by atoms with Crippen LogP contribution in [0.15, 0.2) is 28.9 Å². The van der Waals surface area contributed by atoms with Gasteiger partial charge in [0.15, 0.2) is 5.13 Å². The summed E-state index contributed by atoms with van der Waals surface area (Å²) in [6, 6.07) is 6.25. The number of aryl methyl sites for hydroxylation is 1. The maximum atomic E-state index is 12.0. The van der Waals surface area contributed by atoms with E-state index in [1.807, 2.05) is 6.07 Å². The minimum Gasteiger partial charge on any atom is -0.323 e. The van der Waals surface area contributed by atoms with E-state index in [4.69, 9.17) is 0 Å². The van der Waals surface area contributed by atoms with Crippen LogP contribution in [-0.4, -0.2) is 39.9 Å². The lowest BCUT2D eigenvalue weighted by Gasteiger charge is -2.12. The minimum atomic E-state index is -0.203. The topological polar surface area (TPSA) is 62.3 Å². The second-order valence-corrected chi connectivity index (χ2v) is 8.49. The summed E-state index contributed by atoms with van der Waals surface area (Å²) in [5, 5.41) is 3.31. The molecule has 0 saturated carbocycles. The molecule has 1 aliphatic heterocycles. The Hall–Kier alpha value is -1.38. The molecule has 2 aromatic rings. The number of anilines is 1. The number of halogens is 1. The van der Waals surface area contributed by atoms with Gasteiger partial charge in [-0.05, 0) is 24.1 Å². The molecular formula is C16H16BrN3O2S2. The van der Waals surface area contributed by atoms with Crippen molar-refractivity contribution in [2.24, 2.45) is 0 Å². The molecule has 1 aromatic heterocycles. The van der Waals surface area contributed by atoms with Gasteiger partial charge in [0.1, 0.15) is 6.54 Å². The molecule has 0 unspecified atom stereocenters. The molecule has 1 aliphatic rings. The number of thioether (sulfide) groups is 1. The third-order valence-corrected chi connectivity index (χ3v) is 6.27. The average molecular weight is 426 g/mol. The quantitative estimate of drug-likeness (QED) is 0.788. The summed E-state index contributed by atoms with van der Waals surface area (Å²) < 4.78 is 1.10. The van der Waals surface area contributed by atoms with Crippen LogP contribution in [0.4, 0.5) is 9.93 Å². The molecule has 24 heavy (non-hydrogen) atoms. The lowest BCUT2D eigenvalue weighted by atomic mass is 10.1. The van der Waals surface area contributed by atoms with Crippen LogP contribution in [0.1, 0.15) is 16.0 Å². The molecule has 0 bridgehead atoms. The Morgan fingerprint density at radius 1 is 1.46 bits per heavy atom. The van der Waals surface area contributed by atoms with Gasteiger partial charge >= 0.3 is 0 Å². The third kappa shape index (κ3) is 4.37. The summed E-state index contributed by atoms with van der Waals surface area (Å²) in [5.41, 5.74) is 2.40. The molecule has 1 fully saturated rings. The van der Waals surface area contributed by atoms with E-state index < -0.39 is 0 Å². The Morgan fingerprint density at radius 3 is 3.00 bits per heavy atom. The first kappa shape index (κ1) is 17.4. The highest BCUT2D eigenvalue weighted by molar-refractivity contribution is 9.10. The van der Waals surface area contributed by atoms with E-state index in [2.05, 4.69) is 45.3 Å². The van der Waals surface area contributed by atoms with Gasteiger partial charge in [0.25, 0.3) is 5.24 Å². The van der Waals surface area contributed by atoms with Crippen molar-refractivity contribution < 1.29 is 9.59 Å². The highest BCUT2D eigenvalue weighted by Crippen LogP contribution is 2.24. The summed E-state index contributed by atoms with van der Waals surface area (Å²) >= 11 is 6.21. The van der Waals surface area contributed by atoms with E-state index in [0.717, 1.165) is 21.5 Å². The Bertz CT molecular complexity index is 778. The number of thiazole rings is 1. The molecule has 2 heterocycles. The minimum absolute atomic E-state index is 0.0319. The van der Waals surface area contributed by atoms with Crippen LogP contribution in [0.5, 0.6) is 0 Å². The molecule has 0 spiro atoms. The molecule has 1 aromatic carbocycles. The molecule has 2 amide bonds. The molecule has 1 saturated heterocycles. The summed E-state index contributed by atoms with van der Waals surface area (Å²) in [4.78, 5) is 30.4. The highest BCUT2D eigenvalue weighted by Gasteiger charge is 2.23. The standard InChI is InChI=1S/C16H16BrN3O2S2/c1-10-6-11(2-3-13(10)17)7-12-8-18-15(24-12)19-14(21)9-20-4-5-23-16(20)22/h2-3,6,8H,4-5,7,9H2,1H3,(H,18,19,21). The number of benzene rings is 1. The van der Waals surface area contributed by atoms with E-state index in [1.54, 1.807) is 11.1 Å². The van der Waals surface area contributed by atoms with Crippen molar-refractivity contribution in [3.63, 3.8) is 0 Å². The monoisotopic (exact) mass is 425 g/mol. The van der Waals surface area contributed by atoms with Gasteiger partial charge in [-0.15, -0.1) is 11.3 Å². The fourth-order valence-electron chi connectivity index (χ4n) is 2.37. The van der Waals surface area contributed by atoms with E-state index in [-0.39, 0.29) is 17.7 Å². The summed E-state index contributed by atoms with van der Waals surface area (Å²) in [5.74, 6) is 0.548. The van der Waals surface area contributed by atoms with E-state index in [9.17, 15) is 9.59 Å². The first-order valence-corrected chi connectivity index (χ1v) is 10.0. The Labute approximate surface area is 157 Å². The number of hydrogen-bond donors (Lipinski definition) is 1. The number of aromatic nitrogens is 1. The fraction of sp³-hybridized carbons (Fsp3) is 0.312. The van der Waals surface area contributed by atoms with Gasteiger partial charge in [-0.25, -0.2) is 4.98 Å². The van der Waals surface area contributed by atoms with Gasteiger partial charge in [-0.3, -0.25) is 9.59 Å². The molecule has 126 valence electrons. The van der Waals surface area contributed by atoms with Gasteiger partial charge in [0, 0.05) is 34.3 Å². The van der Waals surface area contributed by atoms with Crippen LogP contribution < -0.4 is 5.32 Å². The van der Waals surface area contributed by atoms with Crippen molar-refractivity contribution in [1.82, 2.24) is 9.88 Å². The molecule has 5 nitrogen and oxygen atoms in total. The lowest BCUT2D eigenvalue weighted by molar-refractivity contribution is -0.116. The van der Waals surface area contributed by atoms with Crippen LogP contribution in [0.25, 0.3) is 0 Å². The maximum Gasteiger partial charge on any atom is 0.282 e. The number of nitrogens with one attached hydrogen (secondary N) is 1. The SMILES string of the molecule is Cc1cc(Cc2cnc(NC(=O)CN3CCSC3=O)s2)ccc1Br. The van der Waals surface area contributed by atoms with Crippen molar-refractivity contribution in [1.29, 1.82) is 0 Å². The number of carbonyl (C=O) groups excluding carboxylic acids is 2. The zero-order valence-corrected chi connectivity index (χ0v) is 16.3. The molecule has 0 radical (unpaired) electrons. The van der Waals surface area contributed by atoms with Crippen LogP contribution in [0.2, 0.25) is 0 Å². The Kier molecular flexibility index (Phi) is 5.57. The van der Waals surface area contributed by atoms with Gasteiger partial charge in [0.05, 0.1) is 0 Å². The zero-order chi connectivity index (χ0) is 17.1. The first-order chi connectivity index (χ1) is 11.5. The molecule has 8 heteroatoms. The smallest absolute Gasteiger partial charge is 0.282 e. The maximum absolute atomic E-state index is 12.0. The number of hydrogen-bond acceptors (Lipinski definition) is 5. The van der Waals surface area contributed by atoms with Crippen LogP contribution in [-0.2, 0) is 11.2 Å². The molecule has 0 atom stereocenters. The average Bonchev–Trinajstić information content (AvgIpc) is 3.13. The second kappa shape index (κ2) is 7.67. The second-order valence-electron chi connectivity index (χ2n) is 5.48. The van der Waals surface area contributed by atoms with E-state index in [0.29, 0.717) is 11.7 Å². The fourth-order valence-corrected chi connectivity index (χ4v) is 4.30. The molecule has 3 rings (SSSR count). The van der Waals surface area contributed by atoms with Gasteiger partial charge in [0.2, 0.25) is 5.91 Å². The van der Waals surface area contributed by atoms with Crippen molar-refractivity contribution in [3.8, 4) is 0 Å².